The summed E-state index contributed by atoms with van der Waals surface area (Å²) in [6.45, 7) is 6.39. The second-order valence-corrected chi connectivity index (χ2v) is 1.45. The van der Waals surface area contributed by atoms with Gasteiger partial charge in [-0.15, -0.1) is 0 Å². The Morgan fingerprint density at radius 1 is 1.10 bits per heavy atom. The molecule has 0 atom stereocenters. The standard InChI is InChI=1S/C4H11N.C3H2N2/c1-3-5-4-2;4-2-1-3-5/h5H,3-4H2,1-2H3;1H2. The lowest BCUT2D eigenvalue weighted by atomic mass is 10.5. The minimum absolute atomic E-state index is 0. The fourth-order valence-corrected chi connectivity index (χ4v) is 0.285. The van der Waals surface area contributed by atoms with E-state index < -0.39 is 0 Å². The Morgan fingerprint density at radius 2 is 1.50 bits per heavy atom. The highest BCUT2D eigenvalue weighted by molar-refractivity contribution is 4.85. The topological polar surface area (TPSA) is 59.6 Å². The molecule has 0 heterocycles. The lowest BCUT2D eigenvalue weighted by molar-refractivity contribution is 0.762. The van der Waals surface area contributed by atoms with E-state index in [1.807, 2.05) is 0 Å². The molecule has 0 aliphatic carbocycles. The summed E-state index contributed by atoms with van der Waals surface area (Å²) in [6, 6.07) is 3.31. The largest absolute Gasteiger partial charge is 0.317 e. The number of hydrogen-bond acceptors (Lipinski definition) is 3. The Bertz CT molecular complexity index is 104. The van der Waals surface area contributed by atoms with E-state index in [1.165, 1.54) is 0 Å². The van der Waals surface area contributed by atoms with Gasteiger partial charge in [0.1, 0.15) is 6.42 Å². The lowest BCUT2D eigenvalue weighted by Gasteiger charge is -1.86. The van der Waals surface area contributed by atoms with Crippen molar-refractivity contribution in [3.63, 3.8) is 0 Å². The summed E-state index contributed by atoms with van der Waals surface area (Å²) in [7, 11) is 0. The van der Waals surface area contributed by atoms with E-state index in [-0.39, 0.29) is 6.42 Å². The second-order valence-electron chi connectivity index (χ2n) is 1.45. The van der Waals surface area contributed by atoms with Crippen LogP contribution < -0.4 is 5.32 Å². The van der Waals surface area contributed by atoms with Gasteiger partial charge in [-0.2, -0.15) is 10.5 Å². The molecule has 0 aromatic rings. The van der Waals surface area contributed by atoms with Crippen molar-refractivity contribution < 1.29 is 0 Å². The van der Waals surface area contributed by atoms with Gasteiger partial charge in [-0.05, 0) is 13.1 Å². The first-order valence-corrected chi connectivity index (χ1v) is 3.28. The molecule has 0 aromatic heterocycles. The molecule has 3 nitrogen and oxygen atoms in total. The van der Waals surface area contributed by atoms with Crippen LogP contribution >= 0.6 is 0 Å². The number of nitriles is 2. The van der Waals surface area contributed by atoms with Crippen LogP contribution in [0.5, 0.6) is 0 Å². The Kier molecular flexibility index (Phi) is 18.3. The molecule has 0 aliphatic heterocycles. The van der Waals surface area contributed by atoms with E-state index in [0.29, 0.717) is 0 Å². The number of rotatable bonds is 2. The van der Waals surface area contributed by atoms with E-state index in [2.05, 4.69) is 19.2 Å². The first-order chi connectivity index (χ1) is 4.83. The van der Waals surface area contributed by atoms with Crippen LogP contribution in [0.2, 0.25) is 0 Å². The third kappa shape index (κ3) is 28.3. The summed E-state index contributed by atoms with van der Waals surface area (Å²) in [5.74, 6) is 0. The van der Waals surface area contributed by atoms with Crippen LogP contribution in [0.3, 0.4) is 0 Å². The lowest BCUT2D eigenvalue weighted by Crippen LogP contribution is -2.09. The summed E-state index contributed by atoms with van der Waals surface area (Å²) in [6.07, 6.45) is 0. The van der Waals surface area contributed by atoms with Crippen LogP contribution in [-0.4, -0.2) is 13.1 Å². The fourth-order valence-electron chi connectivity index (χ4n) is 0.285. The van der Waals surface area contributed by atoms with Gasteiger partial charge in [0.2, 0.25) is 0 Å². The maximum atomic E-state index is 7.59. The van der Waals surface area contributed by atoms with Crippen molar-refractivity contribution in [3.8, 4) is 12.1 Å². The molecular weight excluding hydrogens is 126 g/mol. The van der Waals surface area contributed by atoms with Crippen molar-refractivity contribution in [1.82, 2.24) is 5.32 Å². The molecule has 10 heavy (non-hydrogen) atoms. The maximum Gasteiger partial charge on any atom is 0.122 e. The van der Waals surface area contributed by atoms with Crippen molar-refractivity contribution in [2.24, 2.45) is 0 Å². The summed E-state index contributed by atoms with van der Waals surface area (Å²) >= 11 is 0. The Hall–Kier alpha value is -1.06. The Balaban J connectivity index is 0. The van der Waals surface area contributed by atoms with Gasteiger partial charge in [-0.3, -0.25) is 0 Å². The molecule has 3 heteroatoms. The first-order valence-electron chi connectivity index (χ1n) is 3.28. The molecule has 0 aromatic carbocycles. The van der Waals surface area contributed by atoms with E-state index >= 15 is 0 Å². The molecule has 0 unspecified atom stereocenters. The van der Waals surface area contributed by atoms with Crippen molar-refractivity contribution in [2.45, 2.75) is 20.3 Å². The molecule has 0 amide bonds. The fraction of sp³-hybridized carbons (Fsp3) is 0.714. The van der Waals surface area contributed by atoms with Gasteiger partial charge in [-0.1, -0.05) is 13.8 Å². The highest BCUT2D eigenvalue weighted by Gasteiger charge is 1.62. The van der Waals surface area contributed by atoms with Crippen molar-refractivity contribution in [1.29, 1.82) is 10.5 Å². The van der Waals surface area contributed by atoms with Crippen molar-refractivity contribution >= 4 is 0 Å². The molecule has 0 bridgehead atoms. The average molecular weight is 139 g/mol. The molecule has 0 spiro atoms. The van der Waals surface area contributed by atoms with Crippen molar-refractivity contribution in [2.75, 3.05) is 13.1 Å². The Morgan fingerprint density at radius 3 is 1.50 bits per heavy atom. The Labute approximate surface area is 62.3 Å². The number of nitrogens with one attached hydrogen (secondary N) is 1. The van der Waals surface area contributed by atoms with E-state index in [9.17, 15) is 0 Å². The minimum Gasteiger partial charge on any atom is -0.317 e. The molecule has 0 fully saturated rings. The first kappa shape index (κ1) is 11.7. The van der Waals surface area contributed by atoms with Gasteiger partial charge >= 0.3 is 0 Å². The molecule has 1 N–H and O–H groups in total. The van der Waals surface area contributed by atoms with Crippen LogP contribution in [0.25, 0.3) is 0 Å². The minimum atomic E-state index is 0. The summed E-state index contributed by atoms with van der Waals surface area (Å²) in [5, 5.41) is 18.3. The highest BCUT2D eigenvalue weighted by atomic mass is 14.8. The van der Waals surface area contributed by atoms with Gasteiger partial charge in [0.25, 0.3) is 0 Å². The predicted molar refractivity (Wildman–Crippen MR) is 40.1 cm³/mol. The highest BCUT2D eigenvalue weighted by Crippen LogP contribution is 1.59. The second kappa shape index (κ2) is 15.7. The zero-order valence-corrected chi connectivity index (χ0v) is 6.52. The molecule has 56 valence electrons. The predicted octanol–water partition coefficient (Wildman–Crippen LogP) is 1.04. The maximum absolute atomic E-state index is 7.59. The number of hydrogen-bond donors (Lipinski definition) is 1. The van der Waals surface area contributed by atoms with Gasteiger partial charge in [0.15, 0.2) is 0 Å². The van der Waals surface area contributed by atoms with Gasteiger partial charge in [-0.25, -0.2) is 0 Å². The van der Waals surface area contributed by atoms with Crippen LogP contribution in [0, 0.1) is 22.7 Å². The molecule has 0 saturated heterocycles. The third-order valence-corrected chi connectivity index (χ3v) is 0.658. The SMILES string of the molecule is CCNCC.N#CCC#N. The summed E-state index contributed by atoms with van der Waals surface area (Å²) in [5.41, 5.74) is 0. The van der Waals surface area contributed by atoms with Gasteiger partial charge in [0.05, 0.1) is 12.1 Å². The van der Waals surface area contributed by atoms with E-state index in [4.69, 9.17) is 10.5 Å². The number of nitrogens with zero attached hydrogens (tertiary/aromatic N) is 2. The van der Waals surface area contributed by atoms with Crippen LogP contribution in [0.1, 0.15) is 20.3 Å². The zero-order valence-electron chi connectivity index (χ0n) is 6.52. The summed E-state index contributed by atoms with van der Waals surface area (Å²) < 4.78 is 0. The van der Waals surface area contributed by atoms with Crippen molar-refractivity contribution in [3.05, 3.63) is 0 Å². The molecular formula is C7H13N3. The zero-order chi connectivity index (χ0) is 8.24. The van der Waals surface area contributed by atoms with Crippen LogP contribution in [0.4, 0.5) is 0 Å². The van der Waals surface area contributed by atoms with E-state index in [1.54, 1.807) is 12.1 Å². The molecule has 0 saturated carbocycles. The van der Waals surface area contributed by atoms with Crippen LogP contribution in [-0.2, 0) is 0 Å². The van der Waals surface area contributed by atoms with Crippen LogP contribution in [0.15, 0.2) is 0 Å². The quantitative estimate of drug-likeness (QED) is 0.621. The monoisotopic (exact) mass is 139 g/mol. The smallest absolute Gasteiger partial charge is 0.122 e. The van der Waals surface area contributed by atoms with Gasteiger partial charge in [0, 0.05) is 0 Å². The van der Waals surface area contributed by atoms with E-state index in [0.717, 1.165) is 13.1 Å². The molecule has 0 rings (SSSR count). The van der Waals surface area contributed by atoms with Gasteiger partial charge < -0.3 is 5.32 Å². The normalized spacial score (nSPS) is 6.40. The average Bonchev–Trinajstić information content (AvgIpc) is 1.93. The third-order valence-electron chi connectivity index (χ3n) is 0.658. The molecule has 0 aliphatic rings. The summed E-state index contributed by atoms with van der Waals surface area (Å²) in [4.78, 5) is 0. The molecule has 0 radical (unpaired) electrons.